The highest BCUT2D eigenvalue weighted by molar-refractivity contribution is 5.70. The molecular formula is C17H19NO4. The molecule has 0 aromatic heterocycles. The van der Waals surface area contributed by atoms with Crippen molar-refractivity contribution in [3.8, 4) is 12.3 Å². The Morgan fingerprint density at radius 2 is 2.14 bits per heavy atom. The van der Waals surface area contributed by atoms with Gasteiger partial charge in [-0.3, -0.25) is 9.69 Å². The quantitative estimate of drug-likeness (QED) is 0.487. The summed E-state index contributed by atoms with van der Waals surface area (Å²) in [5.41, 5.74) is 2.31. The van der Waals surface area contributed by atoms with Crippen molar-refractivity contribution in [1.82, 2.24) is 4.90 Å². The van der Waals surface area contributed by atoms with Crippen molar-refractivity contribution in [1.29, 1.82) is 0 Å². The molecule has 0 radical (unpaired) electrons. The molecule has 0 heterocycles. The average Bonchev–Trinajstić information content (AvgIpc) is 2.87. The zero-order chi connectivity index (χ0) is 16.1. The van der Waals surface area contributed by atoms with Crippen LogP contribution in [0.25, 0.3) is 0 Å². The van der Waals surface area contributed by atoms with Gasteiger partial charge in [-0.1, -0.05) is 30.2 Å². The molecule has 0 fully saturated rings. The first-order valence-corrected chi connectivity index (χ1v) is 7.18. The van der Waals surface area contributed by atoms with E-state index >= 15 is 0 Å². The number of nitrogens with zero attached hydrogens (tertiary/aromatic N) is 1. The maximum absolute atomic E-state index is 12.3. The number of amides is 1. The van der Waals surface area contributed by atoms with Gasteiger partial charge in [-0.15, -0.1) is 6.42 Å². The number of rotatable bonds is 4. The van der Waals surface area contributed by atoms with Crippen molar-refractivity contribution in [2.45, 2.75) is 39.0 Å². The van der Waals surface area contributed by atoms with Crippen LogP contribution in [0.3, 0.4) is 0 Å². The Hall–Kier alpha value is -2.48. The second-order valence-corrected chi connectivity index (χ2v) is 5.15. The van der Waals surface area contributed by atoms with Gasteiger partial charge in [0.15, 0.2) is 0 Å². The predicted molar refractivity (Wildman–Crippen MR) is 80.8 cm³/mol. The third-order valence-electron chi connectivity index (χ3n) is 3.57. The normalized spacial score (nSPS) is 17.0. The summed E-state index contributed by atoms with van der Waals surface area (Å²) in [5.74, 6) is 1.98. The number of esters is 1. The van der Waals surface area contributed by atoms with Gasteiger partial charge in [-0.2, -0.15) is 0 Å². The van der Waals surface area contributed by atoms with Crippen molar-refractivity contribution >= 4 is 12.1 Å². The van der Waals surface area contributed by atoms with Crippen LogP contribution in [0.5, 0.6) is 0 Å². The summed E-state index contributed by atoms with van der Waals surface area (Å²) in [6.45, 7) is 2.90. The van der Waals surface area contributed by atoms with E-state index < -0.39 is 18.4 Å². The minimum atomic E-state index is -0.943. The lowest BCUT2D eigenvalue weighted by Crippen LogP contribution is -2.37. The summed E-state index contributed by atoms with van der Waals surface area (Å²) >= 11 is 0. The van der Waals surface area contributed by atoms with Gasteiger partial charge in [0.25, 0.3) is 0 Å². The van der Waals surface area contributed by atoms with Crippen molar-refractivity contribution < 1.29 is 19.1 Å². The van der Waals surface area contributed by atoms with Crippen LogP contribution >= 0.6 is 0 Å². The Kier molecular flexibility index (Phi) is 5.05. The highest BCUT2D eigenvalue weighted by atomic mass is 16.7. The highest BCUT2D eigenvalue weighted by Gasteiger charge is 2.32. The fourth-order valence-electron chi connectivity index (χ4n) is 2.73. The lowest BCUT2D eigenvalue weighted by molar-refractivity contribution is -0.163. The van der Waals surface area contributed by atoms with Gasteiger partial charge in [0.05, 0.1) is 12.6 Å². The van der Waals surface area contributed by atoms with Crippen LogP contribution in [0, 0.1) is 12.3 Å². The molecule has 0 aliphatic heterocycles. The van der Waals surface area contributed by atoms with Crippen molar-refractivity contribution in [2.75, 3.05) is 6.54 Å². The van der Waals surface area contributed by atoms with Crippen LogP contribution in [-0.4, -0.2) is 29.8 Å². The number of hydrogen-bond donors (Lipinski definition) is 0. The van der Waals surface area contributed by atoms with Gasteiger partial charge >= 0.3 is 12.1 Å². The maximum Gasteiger partial charge on any atom is 0.414 e. The molecule has 1 amide bonds. The van der Waals surface area contributed by atoms with Crippen LogP contribution in [0.2, 0.25) is 0 Å². The van der Waals surface area contributed by atoms with E-state index in [-0.39, 0.29) is 12.6 Å². The van der Waals surface area contributed by atoms with Crippen LogP contribution in [0.15, 0.2) is 24.3 Å². The first-order valence-electron chi connectivity index (χ1n) is 7.18. The highest BCUT2D eigenvalue weighted by Crippen LogP contribution is 2.35. The monoisotopic (exact) mass is 301 g/mol. The number of carbonyl (C=O) groups is 2. The number of fused-ring (bicyclic) bond motifs is 1. The summed E-state index contributed by atoms with van der Waals surface area (Å²) < 4.78 is 9.97. The molecule has 22 heavy (non-hydrogen) atoms. The lowest BCUT2D eigenvalue weighted by atomic mass is 10.1. The molecule has 1 aromatic rings. The fourth-order valence-corrected chi connectivity index (χ4v) is 2.73. The zero-order valence-corrected chi connectivity index (χ0v) is 12.7. The Morgan fingerprint density at radius 1 is 1.41 bits per heavy atom. The minimum absolute atomic E-state index is 0.107. The number of ether oxygens (including phenoxy) is 2. The molecule has 0 saturated carbocycles. The van der Waals surface area contributed by atoms with E-state index in [0.29, 0.717) is 0 Å². The van der Waals surface area contributed by atoms with E-state index in [2.05, 4.69) is 12.0 Å². The molecule has 116 valence electrons. The molecule has 0 spiro atoms. The Morgan fingerprint density at radius 3 is 2.82 bits per heavy atom. The number of terminal acetylenes is 1. The second-order valence-electron chi connectivity index (χ2n) is 5.15. The van der Waals surface area contributed by atoms with Crippen molar-refractivity contribution in [3.05, 3.63) is 35.4 Å². The summed E-state index contributed by atoms with van der Waals surface area (Å²) in [6.07, 6.45) is 5.56. The summed E-state index contributed by atoms with van der Waals surface area (Å²) in [6, 6.07) is 7.87. The minimum Gasteiger partial charge on any atom is -0.426 e. The Labute approximate surface area is 130 Å². The van der Waals surface area contributed by atoms with E-state index in [1.807, 2.05) is 18.2 Å². The molecule has 1 aromatic carbocycles. The van der Waals surface area contributed by atoms with Gasteiger partial charge in [0.2, 0.25) is 6.29 Å². The lowest BCUT2D eigenvalue weighted by Gasteiger charge is -2.28. The van der Waals surface area contributed by atoms with E-state index in [0.717, 1.165) is 18.4 Å². The summed E-state index contributed by atoms with van der Waals surface area (Å²) in [7, 11) is 0. The van der Waals surface area contributed by atoms with Gasteiger partial charge in [-0.25, -0.2) is 4.79 Å². The van der Waals surface area contributed by atoms with Crippen molar-refractivity contribution in [3.63, 3.8) is 0 Å². The third kappa shape index (κ3) is 3.59. The molecule has 5 heteroatoms. The number of carbonyl (C=O) groups excluding carboxylic acids is 2. The Bertz CT molecular complexity index is 605. The SMILES string of the molecule is C#CCN(C(=O)OC(C)OC(C)=O)C1CCc2ccccc21. The Balaban J connectivity index is 2.12. The molecule has 1 aliphatic rings. The maximum atomic E-state index is 12.3. The molecule has 0 N–H and O–H groups in total. The fraction of sp³-hybridized carbons (Fsp3) is 0.412. The van der Waals surface area contributed by atoms with E-state index in [9.17, 15) is 9.59 Å². The molecule has 2 atom stereocenters. The van der Waals surface area contributed by atoms with Crippen LogP contribution in [-0.2, 0) is 20.7 Å². The molecule has 0 bridgehead atoms. The third-order valence-corrected chi connectivity index (χ3v) is 3.57. The van der Waals surface area contributed by atoms with E-state index in [4.69, 9.17) is 15.9 Å². The molecule has 0 saturated heterocycles. The van der Waals surface area contributed by atoms with Crippen LogP contribution in [0.1, 0.15) is 37.4 Å². The first-order chi connectivity index (χ1) is 10.5. The van der Waals surface area contributed by atoms with E-state index in [1.165, 1.54) is 24.3 Å². The smallest absolute Gasteiger partial charge is 0.414 e. The molecule has 2 rings (SSSR count). The van der Waals surface area contributed by atoms with Gasteiger partial charge in [-0.05, 0) is 24.0 Å². The largest absolute Gasteiger partial charge is 0.426 e. The van der Waals surface area contributed by atoms with Crippen molar-refractivity contribution in [2.24, 2.45) is 0 Å². The standard InChI is InChI=1S/C17H19NO4/c1-4-11-18(17(20)22-13(3)21-12(2)19)16-10-9-14-7-5-6-8-15(14)16/h1,5-8,13,16H,9-11H2,2-3H3. The summed E-state index contributed by atoms with van der Waals surface area (Å²) in [5, 5.41) is 0. The summed E-state index contributed by atoms with van der Waals surface area (Å²) in [4.78, 5) is 24.7. The molecule has 1 aliphatic carbocycles. The molecule has 5 nitrogen and oxygen atoms in total. The molecule has 2 unspecified atom stereocenters. The van der Waals surface area contributed by atoms with Crippen LogP contribution < -0.4 is 0 Å². The van der Waals surface area contributed by atoms with Gasteiger partial charge in [0, 0.05) is 13.8 Å². The number of benzene rings is 1. The first kappa shape index (κ1) is 15.9. The second kappa shape index (κ2) is 6.99. The molecular weight excluding hydrogens is 282 g/mol. The number of hydrogen-bond acceptors (Lipinski definition) is 4. The predicted octanol–water partition coefficient (Wildman–Crippen LogP) is 2.65. The van der Waals surface area contributed by atoms with Gasteiger partial charge in [0.1, 0.15) is 0 Å². The van der Waals surface area contributed by atoms with E-state index in [1.54, 1.807) is 0 Å². The topological polar surface area (TPSA) is 55.8 Å². The zero-order valence-electron chi connectivity index (χ0n) is 12.7. The van der Waals surface area contributed by atoms with Crippen LogP contribution in [0.4, 0.5) is 4.79 Å². The average molecular weight is 301 g/mol. The number of aryl methyl sites for hydroxylation is 1. The van der Waals surface area contributed by atoms with Gasteiger partial charge < -0.3 is 9.47 Å².